The molecule has 17 heavy (non-hydrogen) atoms. The van der Waals surface area contributed by atoms with Crippen LogP contribution in [0.2, 0.25) is 0 Å². The molecule has 2 aliphatic rings. The maximum absolute atomic E-state index is 11.8. The Hall–Kier alpha value is -1.15. The number of nitrogens with zero attached hydrogens (tertiary/aromatic N) is 1. The number of hydrogen-bond acceptors (Lipinski definition) is 2. The number of likely N-dealkylation sites (tertiary alicyclic amines) is 1. The summed E-state index contributed by atoms with van der Waals surface area (Å²) in [6, 6.07) is 11.1. The number of ketones is 1. The zero-order valence-electron chi connectivity index (χ0n) is 10.1. The first-order valence-corrected chi connectivity index (χ1v) is 6.65. The van der Waals surface area contributed by atoms with Crippen LogP contribution in [0.15, 0.2) is 30.3 Å². The van der Waals surface area contributed by atoms with Crippen molar-refractivity contribution in [1.82, 2.24) is 4.90 Å². The highest BCUT2D eigenvalue weighted by atomic mass is 16.1. The van der Waals surface area contributed by atoms with Crippen LogP contribution in [0.3, 0.4) is 0 Å². The molecular formula is C15H19NO. The van der Waals surface area contributed by atoms with Gasteiger partial charge in [0.25, 0.3) is 0 Å². The summed E-state index contributed by atoms with van der Waals surface area (Å²) in [5.74, 6) is 0.851. The van der Waals surface area contributed by atoms with Crippen LogP contribution in [-0.4, -0.2) is 23.3 Å². The van der Waals surface area contributed by atoms with Crippen molar-refractivity contribution in [1.29, 1.82) is 0 Å². The molecule has 0 N–H and O–H groups in total. The predicted octanol–water partition coefficient (Wildman–Crippen LogP) is 2.63. The third-order valence-electron chi connectivity index (χ3n) is 4.24. The average Bonchev–Trinajstić information content (AvgIpc) is 2.84. The highest BCUT2D eigenvalue weighted by Gasteiger charge is 2.39. The zero-order valence-corrected chi connectivity index (χ0v) is 10.1. The fourth-order valence-corrected chi connectivity index (χ4v) is 3.37. The predicted molar refractivity (Wildman–Crippen MR) is 67.6 cm³/mol. The Morgan fingerprint density at radius 2 is 2.00 bits per heavy atom. The van der Waals surface area contributed by atoms with E-state index in [4.69, 9.17) is 0 Å². The highest BCUT2D eigenvalue weighted by molar-refractivity contribution is 5.83. The number of fused-ring (bicyclic) bond motifs is 1. The number of piperidine rings is 1. The standard InChI is InChI=1S/C15H19NO/c17-15-9-10-16(14-8-4-7-13(14)15)11-12-5-2-1-3-6-12/h1-3,5-6,13-14H,4,7-11H2. The molecule has 1 heterocycles. The van der Waals surface area contributed by atoms with Gasteiger partial charge in [-0.25, -0.2) is 0 Å². The van der Waals surface area contributed by atoms with E-state index in [1.54, 1.807) is 0 Å². The third kappa shape index (κ3) is 2.14. The molecule has 0 aromatic heterocycles. The maximum atomic E-state index is 11.8. The van der Waals surface area contributed by atoms with Crippen molar-refractivity contribution in [2.24, 2.45) is 5.92 Å². The second-order valence-electron chi connectivity index (χ2n) is 5.28. The lowest BCUT2D eigenvalue weighted by molar-refractivity contribution is -0.128. The Bertz CT molecular complexity index is 401. The van der Waals surface area contributed by atoms with Crippen molar-refractivity contribution >= 4 is 5.78 Å². The van der Waals surface area contributed by atoms with Gasteiger partial charge in [0.1, 0.15) is 5.78 Å². The van der Waals surface area contributed by atoms with Crippen molar-refractivity contribution in [3.63, 3.8) is 0 Å². The normalized spacial score (nSPS) is 29.3. The Morgan fingerprint density at radius 1 is 1.18 bits per heavy atom. The number of carbonyl (C=O) groups excluding carboxylic acids is 1. The van der Waals surface area contributed by atoms with Crippen LogP contribution in [0, 0.1) is 5.92 Å². The summed E-state index contributed by atoms with van der Waals surface area (Å²) in [6.45, 7) is 1.96. The van der Waals surface area contributed by atoms with Crippen LogP contribution in [-0.2, 0) is 11.3 Å². The van der Waals surface area contributed by atoms with E-state index in [1.165, 1.54) is 18.4 Å². The molecule has 1 aromatic rings. The van der Waals surface area contributed by atoms with Crippen molar-refractivity contribution < 1.29 is 4.79 Å². The number of hydrogen-bond donors (Lipinski definition) is 0. The monoisotopic (exact) mass is 229 g/mol. The minimum Gasteiger partial charge on any atom is -0.299 e. The van der Waals surface area contributed by atoms with E-state index in [0.29, 0.717) is 17.7 Å². The first-order chi connectivity index (χ1) is 8.34. The first kappa shape index (κ1) is 11.0. The molecule has 90 valence electrons. The van der Waals surface area contributed by atoms with Crippen LogP contribution < -0.4 is 0 Å². The van der Waals surface area contributed by atoms with E-state index in [9.17, 15) is 4.79 Å². The summed E-state index contributed by atoms with van der Waals surface area (Å²) in [5, 5.41) is 0. The van der Waals surface area contributed by atoms with Crippen molar-refractivity contribution in [2.45, 2.75) is 38.3 Å². The van der Waals surface area contributed by atoms with E-state index in [0.717, 1.165) is 25.9 Å². The minimum absolute atomic E-state index is 0.340. The van der Waals surface area contributed by atoms with Crippen molar-refractivity contribution in [3.05, 3.63) is 35.9 Å². The van der Waals surface area contributed by atoms with Crippen LogP contribution in [0.4, 0.5) is 0 Å². The second kappa shape index (κ2) is 4.61. The van der Waals surface area contributed by atoms with Gasteiger partial charge in [-0.15, -0.1) is 0 Å². The minimum atomic E-state index is 0.340. The van der Waals surface area contributed by atoms with Gasteiger partial charge in [-0.3, -0.25) is 9.69 Å². The number of rotatable bonds is 2. The van der Waals surface area contributed by atoms with E-state index in [-0.39, 0.29) is 0 Å². The highest BCUT2D eigenvalue weighted by Crippen LogP contribution is 2.35. The largest absolute Gasteiger partial charge is 0.299 e. The molecule has 1 aliphatic heterocycles. The van der Waals surface area contributed by atoms with Crippen molar-refractivity contribution in [3.8, 4) is 0 Å². The molecular weight excluding hydrogens is 210 g/mol. The summed E-state index contributed by atoms with van der Waals surface area (Å²) in [4.78, 5) is 14.4. The van der Waals surface area contributed by atoms with Gasteiger partial charge < -0.3 is 0 Å². The van der Waals surface area contributed by atoms with Crippen molar-refractivity contribution in [2.75, 3.05) is 6.54 Å². The van der Waals surface area contributed by atoms with E-state index < -0.39 is 0 Å². The molecule has 0 radical (unpaired) electrons. The van der Waals surface area contributed by atoms with E-state index in [1.807, 2.05) is 0 Å². The van der Waals surface area contributed by atoms with Gasteiger partial charge in [-0.2, -0.15) is 0 Å². The van der Waals surface area contributed by atoms with Gasteiger partial charge in [-0.1, -0.05) is 36.8 Å². The molecule has 0 amide bonds. The van der Waals surface area contributed by atoms with Crippen LogP contribution in [0.5, 0.6) is 0 Å². The molecule has 1 saturated heterocycles. The molecule has 0 bridgehead atoms. The summed E-state index contributed by atoms with van der Waals surface area (Å²) in [7, 11) is 0. The van der Waals surface area contributed by atoms with Gasteiger partial charge in [0.15, 0.2) is 0 Å². The molecule has 1 aliphatic carbocycles. The number of benzene rings is 1. The summed E-state index contributed by atoms with van der Waals surface area (Å²) >= 11 is 0. The number of Topliss-reactive ketones (excluding diaryl/α,β-unsaturated/α-hetero) is 1. The smallest absolute Gasteiger partial charge is 0.138 e. The quantitative estimate of drug-likeness (QED) is 0.777. The molecule has 3 rings (SSSR count). The van der Waals surface area contributed by atoms with Gasteiger partial charge in [0.05, 0.1) is 0 Å². The average molecular weight is 229 g/mol. The molecule has 2 fully saturated rings. The maximum Gasteiger partial charge on any atom is 0.138 e. The fourth-order valence-electron chi connectivity index (χ4n) is 3.37. The Labute approximate surface area is 103 Å². The molecule has 2 heteroatoms. The lowest BCUT2D eigenvalue weighted by Crippen LogP contribution is -2.46. The molecule has 1 saturated carbocycles. The molecule has 0 spiro atoms. The Balaban J connectivity index is 1.73. The SMILES string of the molecule is O=C1CCN(Cc2ccccc2)C2CCCC12. The molecule has 2 nitrogen and oxygen atoms in total. The molecule has 2 atom stereocenters. The van der Waals surface area contributed by atoms with Gasteiger partial charge in [0.2, 0.25) is 0 Å². The van der Waals surface area contributed by atoms with Crippen LogP contribution >= 0.6 is 0 Å². The molecule has 2 unspecified atom stereocenters. The van der Waals surface area contributed by atoms with Crippen LogP contribution in [0.25, 0.3) is 0 Å². The first-order valence-electron chi connectivity index (χ1n) is 6.65. The summed E-state index contributed by atoms with van der Waals surface area (Å²) in [6.07, 6.45) is 4.32. The topological polar surface area (TPSA) is 20.3 Å². The van der Waals surface area contributed by atoms with E-state index >= 15 is 0 Å². The zero-order chi connectivity index (χ0) is 11.7. The second-order valence-corrected chi connectivity index (χ2v) is 5.28. The fraction of sp³-hybridized carbons (Fsp3) is 0.533. The summed E-state index contributed by atoms with van der Waals surface area (Å²) < 4.78 is 0. The summed E-state index contributed by atoms with van der Waals surface area (Å²) in [5.41, 5.74) is 1.37. The third-order valence-corrected chi connectivity index (χ3v) is 4.24. The van der Waals surface area contributed by atoms with Gasteiger partial charge in [0, 0.05) is 31.5 Å². The molecule has 1 aromatic carbocycles. The number of carbonyl (C=O) groups is 1. The van der Waals surface area contributed by atoms with Gasteiger partial charge in [-0.05, 0) is 18.4 Å². The van der Waals surface area contributed by atoms with Gasteiger partial charge >= 0.3 is 0 Å². The Kier molecular flexibility index (Phi) is 2.98. The lowest BCUT2D eigenvalue weighted by atomic mass is 9.90. The Morgan fingerprint density at radius 3 is 2.82 bits per heavy atom. The van der Waals surface area contributed by atoms with Crippen LogP contribution in [0.1, 0.15) is 31.2 Å². The lowest BCUT2D eigenvalue weighted by Gasteiger charge is -2.36. The van der Waals surface area contributed by atoms with E-state index in [2.05, 4.69) is 35.2 Å².